The summed E-state index contributed by atoms with van der Waals surface area (Å²) in [6, 6.07) is 5.84. The Labute approximate surface area is 113 Å². The number of benzene rings is 1. The first-order valence-electron chi connectivity index (χ1n) is 6.90. The van der Waals surface area contributed by atoms with Crippen LogP contribution in [0, 0.1) is 0 Å². The van der Waals surface area contributed by atoms with Crippen molar-refractivity contribution in [1.29, 1.82) is 0 Å². The number of fused-ring (bicyclic) bond motifs is 1. The number of hydrogen-bond donors (Lipinski definition) is 2. The minimum Gasteiger partial charge on any atom is -0.487 e. The molecule has 1 atom stereocenters. The van der Waals surface area contributed by atoms with Crippen LogP contribution in [0.4, 0.5) is 5.69 Å². The van der Waals surface area contributed by atoms with E-state index in [1.54, 1.807) is 0 Å². The first-order valence-corrected chi connectivity index (χ1v) is 6.90. The van der Waals surface area contributed by atoms with Crippen molar-refractivity contribution >= 4 is 11.6 Å². The smallest absolute Gasteiger partial charge is 0.241 e. The summed E-state index contributed by atoms with van der Waals surface area (Å²) < 4.78 is 5.83. The Morgan fingerprint density at radius 2 is 2.32 bits per heavy atom. The van der Waals surface area contributed by atoms with Crippen LogP contribution >= 0.6 is 0 Å². The van der Waals surface area contributed by atoms with E-state index in [2.05, 4.69) is 24.5 Å². The van der Waals surface area contributed by atoms with Gasteiger partial charge in [-0.15, -0.1) is 0 Å². The normalized spacial score (nSPS) is 23.8. The fourth-order valence-corrected chi connectivity index (χ4v) is 2.83. The van der Waals surface area contributed by atoms with Crippen LogP contribution in [0.2, 0.25) is 0 Å². The van der Waals surface area contributed by atoms with E-state index in [1.165, 1.54) is 5.56 Å². The Morgan fingerprint density at radius 3 is 3.05 bits per heavy atom. The van der Waals surface area contributed by atoms with Gasteiger partial charge in [-0.05, 0) is 51.4 Å². The van der Waals surface area contributed by atoms with Crippen LogP contribution in [0.15, 0.2) is 18.2 Å². The van der Waals surface area contributed by atoms with Crippen molar-refractivity contribution in [2.45, 2.75) is 44.8 Å². The molecule has 0 aliphatic carbocycles. The van der Waals surface area contributed by atoms with Crippen LogP contribution in [0.25, 0.3) is 0 Å². The SMILES string of the molecule is CC1(C)Cc2cc(NC(=O)C3CCCN3)ccc2O1. The van der Waals surface area contributed by atoms with Gasteiger partial charge in [-0.25, -0.2) is 0 Å². The van der Waals surface area contributed by atoms with Gasteiger partial charge in [0.15, 0.2) is 0 Å². The van der Waals surface area contributed by atoms with Gasteiger partial charge < -0.3 is 15.4 Å². The molecule has 0 bridgehead atoms. The van der Waals surface area contributed by atoms with E-state index in [1.807, 2.05) is 18.2 Å². The second-order valence-corrected chi connectivity index (χ2v) is 6.00. The lowest BCUT2D eigenvalue weighted by Gasteiger charge is -2.16. The van der Waals surface area contributed by atoms with Crippen molar-refractivity contribution in [2.75, 3.05) is 11.9 Å². The minimum absolute atomic E-state index is 0.0408. The van der Waals surface area contributed by atoms with E-state index in [-0.39, 0.29) is 17.6 Å². The standard InChI is InChI=1S/C15H20N2O2/c1-15(2)9-10-8-11(5-6-13(10)19-15)17-14(18)12-4-3-7-16-12/h5-6,8,12,16H,3-4,7,9H2,1-2H3,(H,17,18). The molecule has 4 heteroatoms. The highest BCUT2D eigenvalue weighted by atomic mass is 16.5. The highest BCUT2D eigenvalue weighted by Crippen LogP contribution is 2.36. The van der Waals surface area contributed by atoms with Crippen LogP contribution in [-0.2, 0) is 11.2 Å². The summed E-state index contributed by atoms with van der Waals surface area (Å²) in [6.07, 6.45) is 2.88. The van der Waals surface area contributed by atoms with Gasteiger partial charge in [0.1, 0.15) is 11.4 Å². The van der Waals surface area contributed by atoms with Crippen molar-refractivity contribution in [2.24, 2.45) is 0 Å². The molecule has 1 aromatic carbocycles. The third kappa shape index (κ3) is 2.59. The molecule has 0 aromatic heterocycles. The summed E-state index contributed by atoms with van der Waals surface area (Å²) in [5.74, 6) is 0.998. The first kappa shape index (κ1) is 12.5. The number of carbonyl (C=O) groups is 1. The quantitative estimate of drug-likeness (QED) is 0.856. The number of nitrogens with one attached hydrogen (secondary N) is 2. The van der Waals surface area contributed by atoms with E-state index < -0.39 is 0 Å². The molecule has 1 aromatic rings. The Morgan fingerprint density at radius 1 is 1.47 bits per heavy atom. The van der Waals surface area contributed by atoms with Gasteiger partial charge >= 0.3 is 0 Å². The molecule has 102 valence electrons. The van der Waals surface area contributed by atoms with Crippen LogP contribution in [0.5, 0.6) is 5.75 Å². The number of hydrogen-bond acceptors (Lipinski definition) is 3. The highest BCUT2D eigenvalue weighted by molar-refractivity contribution is 5.95. The van der Waals surface area contributed by atoms with E-state index in [0.29, 0.717) is 0 Å². The second-order valence-electron chi connectivity index (χ2n) is 6.00. The van der Waals surface area contributed by atoms with Crippen molar-refractivity contribution < 1.29 is 9.53 Å². The van der Waals surface area contributed by atoms with Gasteiger partial charge in [0.2, 0.25) is 5.91 Å². The lowest BCUT2D eigenvalue weighted by molar-refractivity contribution is -0.117. The molecule has 2 N–H and O–H groups in total. The lowest BCUT2D eigenvalue weighted by atomic mass is 10.0. The van der Waals surface area contributed by atoms with Crippen LogP contribution in [0.3, 0.4) is 0 Å². The summed E-state index contributed by atoms with van der Waals surface area (Å²) in [7, 11) is 0. The third-order valence-electron chi connectivity index (χ3n) is 3.71. The average Bonchev–Trinajstić information content (AvgIpc) is 2.93. The molecule has 2 aliphatic rings. The summed E-state index contributed by atoms with van der Waals surface area (Å²) in [5.41, 5.74) is 1.89. The number of amides is 1. The second kappa shape index (κ2) is 4.53. The molecule has 0 saturated carbocycles. The molecule has 3 rings (SSSR count). The zero-order valence-corrected chi connectivity index (χ0v) is 11.5. The molecule has 19 heavy (non-hydrogen) atoms. The number of rotatable bonds is 2. The first-order chi connectivity index (χ1) is 9.03. The van der Waals surface area contributed by atoms with Gasteiger partial charge in [-0.2, -0.15) is 0 Å². The molecule has 0 spiro atoms. The molecular weight excluding hydrogens is 240 g/mol. The lowest BCUT2D eigenvalue weighted by Crippen LogP contribution is -2.35. The monoisotopic (exact) mass is 260 g/mol. The minimum atomic E-state index is -0.141. The van der Waals surface area contributed by atoms with Gasteiger partial charge in [0, 0.05) is 17.7 Å². The molecule has 1 amide bonds. The molecule has 1 saturated heterocycles. The summed E-state index contributed by atoms with van der Waals surface area (Å²) in [4.78, 5) is 12.0. The number of anilines is 1. The maximum Gasteiger partial charge on any atom is 0.241 e. The van der Waals surface area contributed by atoms with E-state index >= 15 is 0 Å². The van der Waals surface area contributed by atoms with Gasteiger partial charge in [0.05, 0.1) is 6.04 Å². The number of ether oxygens (including phenoxy) is 1. The van der Waals surface area contributed by atoms with Crippen molar-refractivity contribution in [3.63, 3.8) is 0 Å². The Bertz CT molecular complexity index is 505. The Balaban J connectivity index is 1.71. The zero-order valence-electron chi connectivity index (χ0n) is 11.5. The third-order valence-corrected chi connectivity index (χ3v) is 3.71. The molecule has 1 unspecified atom stereocenters. The summed E-state index contributed by atoms with van der Waals surface area (Å²) >= 11 is 0. The van der Waals surface area contributed by atoms with E-state index in [9.17, 15) is 4.79 Å². The van der Waals surface area contributed by atoms with Crippen LogP contribution < -0.4 is 15.4 Å². The van der Waals surface area contributed by atoms with Crippen molar-refractivity contribution in [1.82, 2.24) is 5.32 Å². The maximum atomic E-state index is 12.0. The predicted octanol–water partition coefficient (Wildman–Crippen LogP) is 2.09. The summed E-state index contributed by atoms with van der Waals surface area (Å²) in [5, 5.41) is 6.19. The molecule has 2 heterocycles. The molecule has 1 fully saturated rings. The largest absolute Gasteiger partial charge is 0.487 e. The van der Waals surface area contributed by atoms with Gasteiger partial charge in [-0.3, -0.25) is 4.79 Å². The van der Waals surface area contributed by atoms with Gasteiger partial charge in [0.25, 0.3) is 0 Å². The van der Waals surface area contributed by atoms with Crippen LogP contribution in [-0.4, -0.2) is 24.1 Å². The zero-order chi connectivity index (χ0) is 13.5. The van der Waals surface area contributed by atoms with E-state index in [0.717, 1.165) is 37.2 Å². The van der Waals surface area contributed by atoms with Crippen molar-refractivity contribution in [3.05, 3.63) is 23.8 Å². The Kier molecular flexibility index (Phi) is 2.97. The molecule has 2 aliphatic heterocycles. The molecular formula is C15H20N2O2. The van der Waals surface area contributed by atoms with Gasteiger partial charge in [-0.1, -0.05) is 0 Å². The van der Waals surface area contributed by atoms with Crippen LogP contribution in [0.1, 0.15) is 32.3 Å². The molecule has 0 radical (unpaired) electrons. The maximum absolute atomic E-state index is 12.0. The molecule has 4 nitrogen and oxygen atoms in total. The fraction of sp³-hybridized carbons (Fsp3) is 0.533. The average molecular weight is 260 g/mol. The predicted molar refractivity (Wildman–Crippen MR) is 74.5 cm³/mol. The topological polar surface area (TPSA) is 50.4 Å². The summed E-state index contributed by atoms with van der Waals surface area (Å²) in [6.45, 7) is 5.09. The highest BCUT2D eigenvalue weighted by Gasteiger charge is 2.30. The number of carbonyl (C=O) groups excluding carboxylic acids is 1. The Hall–Kier alpha value is -1.55. The van der Waals surface area contributed by atoms with Crippen molar-refractivity contribution in [3.8, 4) is 5.75 Å². The fourth-order valence-electron chi connectivity index (χ4n) is 2.83. The van der Waals surface area contributed by atoms with E-state index in [4.69, 9.17) is 4.74 Å².